The zero-order valence-electron chi connectivity index (χ0n) is 10.7. The summed E-state index contributed by atoms with van der Waals surface area (Å²) in [5, 5.41) is 12.7. The zero-order valence-corrected chi connectivity index (χ0v) is 10.7. The van der Waals surface area contributed by atoms with Crippen molar-refractivity contribution in [3.8, 4) is 0 Å². The highest BCUT2D eigenvalue weighted by atomic mass is 16.4. The average Bonchev–Trinajstić information content (AvgIpc) is 2.79. The SMILES string of the molecule is Nc1ccc(NC2C3C4CCC(C4)C23)c(C(=O)O)c1. The van der Waals surface area contributed by atoms with Crippen LogP contribution < -0.4 is 11.1 Å². The Morgan fingerprint density at radius 3 is 2.58 bits per heavy atom. The normalized spacial score (nSPS) is 38.0. The van der Waals surface area contributed by atoms with Gasteiger partial charge in [0.1, 0.15) is 0 Å². The molecule has 0 heterocycles. The summed E-state index contributed by atoms with van der Waals surface area (Å²) >= 11 is 0. The molecule has 1 aromatic carbocycles. The second-order valence-electron chi connectivity index (χ2n) is 6.27. The van der Waals surface area contributed by atoms with Crippen LogP contribution in [0.2, 0.25) is 0 Å². The summed E-state index contributed by atoms with van der Waals surface area (Å²) in [7, 11) is 0. The second-order valence-corrected chi connectivity index (χ2v) is 6.27. The molecule has 0 amide bonds. The van der Waals surface area contributed by atoms with Crippen molar-refractivity contribution in [2.75, 3.05) is 11.1 Å². The number of fused-ring (bicyclic) bond motifs is 5. The molecule has 1 aromatic rings. The minimum Gasteiger partial charge on any atom is -0.478 e. The van der Waals surface area contributed by atoms with Gasteiger partial charge in [-0.3, -0.25) is 0 Å². The minimum atomic E-state index is -0.913. The molecule has 4 nitrogen and oxygen atoms in total. The molecule has 19 heavy (non-hydrogen) atoms. The van der Waals surface area contributed by atoms with Gasteiger partial charge in [0.15, 0.2) is 0 Å². The first-order valence-corrected chi connectivity index (χ1v) is 7.04. The van der Waals surface area contributed by atoms with Crippen molar-refractivity contribution < 1.29 is 9.90 Å². The van der Waals surface area contributed by atoms with Gasteiger partial charge in [0.05, 0.1) is 5.56 Å². The van der Waals surface area contributed by atoms with Crippen LogP contribution in [0.25, 0.3) is 0 Å². The van der Waals surface area contributed by atoms with E-state index >= 15 is 0 Å². The van der Waals surface area contributed by atoms with Gasteiger partial charge >= 0.3 is 5.97 Å². The fourth-order valence-corrected chi connectivity index (χ4v) is 4.56. The van der Waals surface area contributed by atoms with E-state index in [2.05, 4.69) is 5.32 Å². The van der Waals surface area contributed by atoms with Crippen molar-refractivity contribution in [2.45, 2.75) is 25.3 Å². The van der Waals surface area contributed by atoms with E-state index in [4.69, 9.17) is 5.73 Å². The largest absolute Gasteiger partial charge is 0.478 e. The number of benzene rings is 1. The molecule has 4 unspecified atom stereocenters. The number of hydrogen-bond donors (Lipinski definition) is 3. The Morgan fingerprint density at radius 1 is 1.26 bits per heavy atom. The van der Waals surface area contributed by atoms with Crippen LogP contribution in [0.4, 0.5) is 11.4 Å². The third kappa shape index (κ3) is 1.55. The fourth-order valence-electron chi connectivity index (χ4n) is 4.56. The molecule has 3 aliphatic carbocycles. The molecule has 4 rings (SSSR count). The van der Waals surface area contributed by atoms with E-state index in [0.29, 0.717) is 11.7 Å². The van der Waals surface area contributed by atoms with Crippen LogP contribution in [0.3, 0.4) is 0 Å². The maximum atomic E-state index is 11.3. The van der Waals surface area contributed by atoms with Crippen molar-refractivity contribution in [1.29, 1.82) is 0 Å². The summed E-state index contributed by atoms with van der Waals surface area (Å²) in [6, 6.07) is 5.60. The number of hydrogen-bond acceptors (Lipinski definition) is 3. The Balaban J connectivity index is 1.57. The third-order valence-electron chi connectivity index (χ3n) is 5.33. The number of nitrogens with one attached hydrogen (secondary N) is 1. The van der Waals surface area contributed by atoms with Crippen molar-refractivity contribution in [3.05, 3.63) is 23.8 Å². The molecule has 3 aliphatic rings. The van der Waals surface area contributed by atoms with E-state index in [0.717, 1.165) is 29.4 Å². The highest BCUT2D eigenvalue weighted by Gasteiger charge is 2.65. The first-order valence-electron chi connectivity index (χ1n) is 7.04. The molecular weight excluding hydrogens is 240 g/mol. The van der Waals surface area contributed by atoms with Gasteiger partial charge in [0, 0.05) is 17.4 Å². The van der Waals surface area contributed by atoms with Crippen LogP contribution in [0.15, 0.2) is 18.2 Å². The van der Waals surface area contributed by atoms with Gasteiger partial charge in [-0.25, -0.2) is 4.79 Å². The Morgan fingerprint density at radius 2 is 1.95 bits per heavy atom. The average molecular weight is 258 g/mol. The lowest BCUT2D eigenvalue weighted by atomic mass is 10.0. The maximum absolute atomic E-state index is 11.3. The van der Waals surface area contributed by atoms with Crippen molar-refractivity contribution in [2.24, 2.45) is 23.7 Å². The van der Waals surface area contributed by atoms with Gasteiger partial charge in [0.2, 0.25) is 0 Å². The van der Waals surface area contributed by atoms with Crippen LogP contribution in [-0.2, 0) is 0 Å². The number of anilines is 2. The lowest BCUT2D eigenvalue weighted by Gasteiger charge is -2.14. The van der Waals surface area contributed by atoms with E-state index < -0.39 is 5.97 Å². The van der Waals surface area contributed by atoms with E-state index in [1.165, 1.54) is 25.3 Å². The Kier molecular flexibility index (Phi) is 2.14. The molecule has 0 spiro atoms. The Bertz CT molecular complexity index is 541. The monoisotopic (exact) mass is 258 g/mol. The topological polar surface area (TPSA) is 75.3 Å². The number of carboxylic acids is 1. The van der Waals surface area contributed by atoms with Crippen LogP contribution in [-0.4, -0.2) is 17.1 Å². The van der Waals surface area contributed by atoms with Gasteiger partial charge in [0.25, 0.3) is 0 Å². The molecule has 4 heteroatoms. The van der Waals surface area contributed by atoms with Crippen molar-refractivity contribution in [3.63, 3.8) is 0 Å². The lowest BCUT2D eigenvalue weighted by molar-refractivity contribution is 0.0698. The number of carbonyl (C=O) groups is 1. The molecule has 0 aromatic heterocycles. The lowest BCUT2D eigenvalue weighted by Crippen LogP contribution is -2.15. The first kappa shape index (κ1) is 11.1. The van der Waals surface area contributed by atoms with Gasteiger partial charge in [-0.15, -0.1) is 0 Å². The predicted octanol–water partition coefficient (Wildman–Crippen LogP) is 2.42. The number of rotatable bonds is 3. The van der Waals surface area contributed by atoms with Gasteiger partial charge < -0.3 is 16.2 Å². The molecule has 0 radical (unpaired) electrons. The molecule has 3 saturated carbocycles. The summed E-state index contributed by atoms with van der Waals surface area (Å²) in [6.45, 7) is 0. The summed E-state index contributed by atoms with van der Waals surface area (Å²) in [5.41, 5.74) is 7.18. The standard InChI is InChI=1S/C15H18N2O2/c16-9-3-4-11(10(6-9)15(18)19)17-14-12-7-1-2-8(5-7)13(12)14/h3-4,6-8,12-14,17H,1-2,5,16H2,(H,18,19). The number of nitrogen functional groups attached to an aromatic ring is 1. The van der Waals surface area contributed by atoms with Crippen LogP contribution >= 0.6 is 0 Å². The number of aromatic carboxylic acids is 1. The van der Waals surface area contributed by atoms with Crippen LogP contribution in [0, 0.1) is 23.7 Å². The molecule has 0 aliphatic heterocycles. The molecule has 3 fully saturated rings. The first-order chi connectivity index (χ1) is 9.15. The highest BCUT2D eigenvalue weighted by Crippen LogP contribution is 2.66. The summed E-state index contributed by atoms with van der Waals surface area (Å²) in [6.07, 6.45) is 4.15. The Labute approximate surface area is 112 Å². The van der Waals surface area contributed by atoms with Crippen molar-refractivity contribution in [1.82, 2.24) is 0 Å². The molecule has 4 atom stereocenters. The molecule has 100 valence electrons. The highest BCUT2D eigenvalue weighted by molar-refractivity contribution is 5.95. The van der Waals surface area contributed by atoms with Gasteiger partial charge in [-0.05, 0) is 61.1 Å². The third-order valence-corrected chi connectivity index (χ3v) is 5.33. The summed E-state index contributed by atoms with van der Waals surface area (Å²) in [5.74, 6) is 2.43. The van der Waals surface area contributed by atoms with Crippen molar-refractivity contribution >= 4 is 17.3 Å². The Hall–Kier alpha value is -1.71. The van der Waals surface area contributed by atoms with E-state index in [1.807, 2.05) is 0 Å². The van der Waals surface area contributed by atoms with E-state index in [-0.39, 0.29) is 5.56 Å². The molecule has 4 N–H and O–H groups in total. The quantitative estimate of drug-likeness (QED) is 0.728. The fraction of sp³-hybridized carbons (Fsp3) is 0.533. The number of carboxylic acid groups (broad SMARTS) is 1. The smallest absolute Gasteiger partial charge is 0.337 e. The maximum Gasteiger partial charge on any atom is 0.337 e. The van der Waals surface area contributed by atoms with E-state index in [9.17, 15) is 9.90 Å². The molecular formula is C15H18N2O2. The van der Waals surface area contributed by atoms with Crippen LogP contribution in [0.5, 0.6) is 0 Å². The summed E-state index contributed by atoms with van der Waals surface area (Å²) in [4.78, 5) is 11.3. The minimum absolute atomic E-state index is 0.289. The summed E-state index contributed by atoms with van der Waals surface area (Å²) < 4.78 is 0. The second kappa shape index (κ2) is 3.65. The predicted molar refractivity (Wildman–Crippen MR) is 73.0 cm³/mol. The van der Waals surface area contributed by atoms with Gasteiger partial charge in [-0.1, -0.05) is 0 Å². The zero-order chi connectivity index (χ0) is 13.1. The molecule has 0 saturated heterocycles. The van der Waals surface area contributed by atoms with E-state index in [1.54, 1.807) is 12.1 Å². The molecule has 2 bridgehead atoms. The van der Waals surface area contributed by atoms with Gasteiger partial charge in [-0.2, -0.15) is 0 Å². The van der Waals surface area contributed by atoms with Crippen LogP contribution in [0.1, 0.15) is 29.6 Å². The number of nitrogens with two attached hydrogens (primary N) is 1.